The highest BCUT2D eigenvalue weighted by molar-refractivity contribution is 7.99. The van der Waals surface area contributed by atoms with Crippen LogP contribution < -0.4 is 5.32 Å². The fourth-order valence-corrected chi connectivity index (χ4v) is 2.93. The number of esters is 1. The minimum atomic E-state index is -0.856. The molecule has 0 saturated heterocycles. The topological polar surface area (TPSA) is 75.7 Å². The monoisotopic (exact) mass is 322 g/mol. The summed E-state index contributed by atoms with van der Waals surface area (Å²) < 4.78 is 5.16. The SMILES string of the molecule is C[C@@H](OC(=O)c1ccc2c(c1)NC(=O)CCS2)C(=O)N(C)C. The van der Waals surface area contributed by atoms with Crippen molar-refractivity contribution >= 4 is 35.2 Å². The van der Waals surface area contributed by atoms with Crippen molar-refractivity contribution in [3.05, 3.63) is 23.8 Å². The highest BCUT2D eigenvalue weighted by atomic mass is 32.2. The standard InChI is InChI=1S/C15H18N2O4S/c1-9(14(19)17(2)3)21-15(20)10-4-5-12-11(8-10)16-13(18)6-7-22-12/h4-5,8-9H,6-7H2,1-3H3,(H,16,18)/t9-/m1/s1. The number of thioether (sulfide) groups is 1. The van der Waals surface area contributed by atoms with E-state index in [2.05, 4.69) is 5.32 Å². The van der Waals surface area contributed by atoms with Crippen molar-refractivity contribution in [2.75, 3.05) is 25.2 Å². The maximum absolute atomic E-state index is 12.1. The van der Waals surface area contributed by atoms with Gasteiger partial charge in [-0.1, -0.05) is 0 Å². The molecule has 0 aromatic heterocycles. The number of benzene rings is 1. The van der Waals surface area contributed by atoms with E-state index in [1.165, 1.54) is 11.8 Å². The van der Waals surface area contributed by atoms with E-state index in [1.54, 1.807) is 44.1 Å². The van der Waals surface area contributed by atoms with Crippen LogP contribution in [0.15, 0.2) is 23.1 Å². The van der Waals surface area contributed by atoms with E-state index in [0.717, 1.165) is 4.90 Å². The van der Waals surface area contributed by atoms with Crippen LogP contribution in [0.2, 0.25) is 0 Å². The van der Waals surface area contributed by atoms with Crippen molar-refractivity contribution in [1.82, 2.24) is 4.90 Å². The lowest BCUT2D eigenvalue weighted by atomic mass is 10.2. The molecule has 7 heteroatoms. The number of hydrogen-bond acceptors (Lipinski definition) is 5. The first-order valence-electron chi connectivity index (χ1n) is 6.87. The molecule has 1 aromatic carbocycles. The summed E-state index contributed by atoms with van der Waals surface area (Å²) in [5.41, 5.74) is 0.911. The average Bonchev–Trinajstić information content (AvgIpc) is 2.65. The Hall–Kier alpha value is -2.02. The van der Waals surface area contributed by atoms with Gasteiger partial charge in [-0.15, -0.1) is 11.8 Å². The normalized spacial score (nSPS) is 15.1. The summed E-state index contributed by atoms with van der Waals surface area (Å²) in [6.07, 6.45) is -0.418. The number of fused-ring (bicyclic) bond motifs is 1. The third-order valence-corrected chi connectivity index (χ3v) is 4.22. The molecule has 0 fully saturated rings. The Morgan fingerprint density at radius 3 is 2.77 bits per heavy atom. The van der Waals surface area contributed by atoms with Gasteiger partial charge in [-0.2, -0.15) is 0 Å². The minimum absolute atomic E-state index is 0.0760. The summed E-state index contributed by atoms with van der Waals surface area (Å²) in [5, 5.41) is 2.77. The molecule has 2 amide bonds. The molecular formula is C15H18N2O4S. The molecule has 1 aliphatic rings. The first kappa shape index (κ1) is 16.4. The van der Waals surface area contributed by atoms with Gasteiger partial charge in [0, 0.05) is 31.2 Å². The van der Waals surface area contributed by atoms with Crippen molar-refractivity contribution in [2.24, 2.45) is 0 Å². The predicted octanol–water partition coefficient (Wildman–Crippen LogP) is 1.75. The van der Waals surface area contributed by atoms with E-state index in [9.17, 15) is 14.4 Å². The van der Waals surface area contributed by atoms with Crippen LogP contribution in [0.25, 0.3) is 0 Å². The lowest BCUT2D eigenvalue weighted by molar-refractivity contribution is -0.137. The van der Waals surface area contributed by atoms with Gasteiger partial charge < -0.3 is 15.0 Å². The molecule has 0 bridgehead atoms. The lowest BCUT2D eigenvalue weighted by Gasteiger charge is -2.17. The summed E-state index contributed by atoms with van der Waals surface area (Å²) in [7, 11) is 3.20. The van der Waals surface area contributed by atoms with E-state index in [1.807, 2.05) is 0 Å². The summed E-state index contributed by atoms with van der Waals surface area (Å²) in [6.45, 7) is 1.53. The van der Waals surface area contributed by atoms with E-state index < -0.39 is 12.1 Å². The first-order chi connectivity index (χ1) is 10.4. The number of nitrogens with one attached hydrogen (secondary N) is 1. The van der Waals surface area contributed by atoms with Crippen molar-refractivity contribution in [2.45, 2.75) is 24.3 Å². The van der Waals surface area contributed by atoms with Crippen LogP contribution in [-0.2, 0) is 14.3 Å². The number of nitrogens with zero attached hydrogens (tertiary/aromatic N) is 1. The number of amides is 2. The highest BCUT2D eigenvalue weighted by Gasteiger charge is 2.21. The van der Waals surface area contributed by atoms with Gasteiger partial charge in [0.05, 0.1) is 11.3 Å². The summed E-state index contributed by atoms with van der Waals surface area (Å²) in [6, 6.07) is 5.00. The molecule has 0 radical (unpaired) electrons. The quantitative estimate of drug-likeness (QED) is 0.858. The molecule has 0 aliphatic carbocycles. The molecule has 1 heterocycles. The van der Waals surface area contributed by atoms with Crippen molar-refractivity contribution in [3.8, 4) is 0 Å². The fourth-order valence-electron chi connectivity index (χ4n) is 1.99. The van der Waals surface area contributed by atoms with Crippen LogP contribution in [0, 0.1) is 0 Å². The number of rotatable bonds is 3. The molecule has 1 N–H and O–H groups in total. The van der Waals surface area contributed by atoms with Gasteiger partial charge in [-0.3, -0.25) is 9.59 Å². The zero-order valence-corrected chi connectivity index (χ0v) is 13.5. The molecule has 0 saturated carbocycles. The fraction of sp³-hybridized carbons (Fsp3) is 0.400. The number of ether oxygens (including phenoxy) is 1. The minimum Gasteiger partial charge on any atom is -0.449 e. The second kappa shape index (κ2) is 6.83. The van der Waals surface area contributed by atoms with Gasteiger partial charge in [0.15, 0.2) is 6.10 Å². The van der Waals surface area contributed by atoms with Crippen molar-refractivity contribution in [3.63, 3.8) is 0 Å². The lowest BCUT2D eigenvalue weighted by Crippen LogP contribution is -2.34. The van der Waals surface area contributed by atoms with E-state index in [4.69, 9.17) is 4.74 Å². The van der Waals surface area contributed by atoms with E-state index >= 15 is 0 Å². The Morgan fingerprint density at radius 1 is 1.36 bits per heavy atom. The maximum atomic E-state index is 12.1. The van der Waals surface area contributed by atoms with Crippen LogP contribution in [0.1, 0.15) is 23.7 Å². The van der Waals surface area contributed by atoms with Gasteiger partial charge in [-0.05, 0) is 25.1 Å². The maximum Gasteiger partial charge on any atom is 0.338 e. The third-order valence-electron chi connectivity index (χ3n) is 3.15. The van der Waals surface area contributed by atoms with Crippen LogP contribution in [0.4, 0.5) is 5.69 Å². The zero-order valence-electron chi connectivity index (χ0n) is 12.7. The molecule has 0 unspecified atom stereocenters. The molecule has 118 valence electrons. The highest BCUT2D eigenvalue weighted by Crippen LogP contribution is 2.31. The molecule has 2 rings (SSSR count). The number of carbonyl (C=O) groups excluding carboxylic acids is 3. The number of anilines is 1. The molecule has 6 nitrogen and oxygen atoms in total. The van der Waals surface area contributed by atoms with Crippen LogP contribution in [0.3, 0.4) is 0 Å². The molecular weight excluding hydrogens is 304 g/mol. The van der Waals surface area contributed by atoms with Gasteiger partial charge in [0.1, 0.15) is 0 Å². The summed E-state index contributed by atoms with van der Waals surface area (Å²) >= 11 is 1.56. The molecule has 1 atom stereocenters. The van der Waals surface area contributed by atoms with Crippen LogP contribution >= 0.6 is 11.8 Å². The Labute approximate surface area is 133 Å². The Balaban J connectivity index is 2.14. The summed E-state index contributed by atoms with van der Waals surface area (Å²) in [5.74, 6) is -0.245. The largest absolute Gasteiger partial charge is 0.449 e. The Morgan fingerprint density at radius 2 is 2.09 bits per heavy atom. The van der Waals surface area contributed by atoms with Crippen LogP contribution in [-0.4, -0.2) is 48.6 Å². The number of hydrogen-bond donors (Lipinski definition) is 1. The smallest absolute Gasteiger partial charge is 0.338 e. The summed E-state index contributed by atoms with van der Waals surface area (Å²) in [4.78, 5) is 37.7. The predicted molar refractivity (Wildman–Crippen MR) is 84.0 cm³/mol. The van der Waals surface area contributed by atoms with Crippen molar-refractivity contribution < 1.29 is 19.1 Å². The zero-order chi connectivity index (χ0) is 16.3. The first-order valence-corrected chi connectivity index (χ1v) is 7.86. The number of carbonyl (C=O) groups is 3. The van der Waals surface area contributed by atoms with Crippen molar-refractivity contribution in [1.29, 1.82) is 0 Å². The molecule has 1 aliphatic heterocycles. The van der Waals surface area contributed by atoms with Gasteiger partial charge in [0.25, 0.3) is 5.91 Å². The van der Waals surface area contributed by atoms with E-state index in [-0.39, 0.29) is 11.8 Å². The molecule has 22 heavy (non-hydrogen) atoms. The molecule has 0 spiro atoms. The second-order valence-electron chi connectivity index (χ2n) is 5.14. The Kier molecular flexibility index (Phi) is 5.07. The molecule has 1 aromatic rings. The average molecular weight is 322 g/mol. The van der Waals surface area contributed by atoms with Gasteiger partial charge in [0.2, 0.25) is 5.91 Å². The second-order valence-corrected chi connectivity index (χ2v) is 6.27. The Bertz CT molecular complexity index is 616. The van der Waals surface area contributed by atoms with Gasteiger partial charge >= 0.3 is 5.97 Å². The van der Waals surface area contributed by atoms with Crippen LogP contribution in [0.5, 0.6) is 0 Å². The van der Waals surface area contributed by atoms with Gasteiger partial charge in [-0.25, -0.2) is 4.79 Å². The third kappa shape index (κ3) is 3.79. The van der Waals surface area contributed by atoms with E-state index in [0.29, 0.717) is 23.4 Å². The number of likely N-dealkylation sites (N-methyl/N-ethyl adjacent to an activating group) is 1.